The summed E-state index contributed by atoms with van der Waals surface area (Å²) in [5.74, 6) is 0.178. The van der Waals surface area contributed by atoms with Gasteiger partial charge in [-0.25, -0.2) is 18.4 Å². The standard InChI is InChI=1S/C23H24N6O3S/c1-16(30)25-17-7-9-18(10-8-17)33(31,32)21(15-24)22-23(29-13-11-28(2)12-14-29)27-20-6-4-3-5-19(20)26-22/h3-10,21H,11-14H2,1-2H3,(H,25,30)/p+1/t21-/m0/s1. The van der Waals surface area contributed by atoms with Crippen molar-refractivity contribution >= 4 is 38.3 Å². The summed E-state index contributed by atoms with van der Waals surface area (Å²) >= 11 is 0. The van der Waals surface area contributed by atoms with Gasteiger partial charge in [0.2, 0.25) is 15.7 Å². The van der Waals surface area contributed by atoms with Gasteiger partial charge in [0.25, 0.3) is 0 Å². The highest BCUT2D eigenvalue weighted by Crippen LogP contribution is 2.34. The molecule has 1 fully saturated rings. The molecule has 0 bridgehead atoms. The number of sulfone groups is 1. The van der Waals surface area contributed by atoms with Crippen LogP contribution in [0.25, 0.3) is 11.0 Å². The van der Waals surface area contributed by atoms with Gasteiger partial charge in [0.15, 0.2) is 11.1 Å². The third-order valence-corrected chi connectivity index (χ3v) is 7.55. The van der Waals surface area contributed by atoms with E-state index in [1.807, 2.05) is 23.1 Å². The number of likely N-dealkylation sites (N-methyl/N-ethyl adjacent to an activating group) is 1. The molecule has 0 spiro atoms. The molecule has 3 aromatic rings. The van der Waals surface area contributed by atoms with Crippen molar-refractivity contribution in [2.45, 2.75) is 17.1 Å². The van der Waals surface area contributed by atoms with Crippen LogP contribution in [0.4, 0.5) is 11.5 Å². The number of rotatable bonds is 5. The van der Waals surface area contributed by atoms with E-state index in [1.165, 1.54) is 36.1 Å². The molecule has 1 saturated heterocycles. The SMILES string of the molecule is CC(=O)Nc1ccc(S(=O)(=O)[C@@H](C#N)c2nc3ccccc3nc2N2CC[NH+](C)CC2)cc1. The Labute approximate surface area is 192 Å². The van der Waals surface area contributed by atoms with Crippen LogP contribution in [-0.2, 0) is 14.6 Å². The van der Waals surface area contributed by atoms with Crippen LogP contribution in [0.1, 0.15) is 17.9 Å². The highest BCUT2D eigenvalue weighted by Gasteiger charge is 2.35. The maximum Gasteiger partial charge on any atom is 0.221 e. The average molecular weight is 466 g/mol. The molecule has 1 aliphatic heterocycles. The van der Waals surface area contributed by atoms with Gasteiger partial charge in [0.1, 0.15) is 5.69 Å². The summed E-state index contributed by atoms with van der Waals surface area (Å²) in [7, 11) is -1.99. The van der Waals surface area contributed by atoms with Gasteiger partial charge in [0, 0.05) is 12.6 Å². The van der Waals surface area contributed by atoms with E-state index >= 15 is 0 Å². The van der Waals surface area contributed by atoms with Crippen molar-refractivity contribution in [2.24, 2.45) is 0 Å². The lowest BCUT2D eigenvalue weighted by Crippen LogP contribution is -3.12. The second-order valence-corrected chi connectivity index (χ2v) is 10.2. The third kappa shape index (κ3) is 4.65. The number of anilines is 2. The first kappa shape index (κ1) is 22.6. The Hall–Kier alpha value is -3.55. The van der Waals surface area contributed by atoms with Crippen LogP contribution in [0, 0.1) is 11.3 Å². The van der Waals surface area contributed by atoms with Crippen molar-refractivity contribution in [3.63, 3.8) is 0 Å². The molecule has 0 unspecified atom stereocenters. The average Bonchev–Trinajstić information content (AvgIpc) is 2.79. The van der Waals surface area contributed by atoms with E-state index in [1.54, 1.807) is 12.1 Å². The van der Waals surface area contributed by atoms with Gasteiger partial charge in [-0.3, -0.25) is 4.79 Å². The monoisotopic (exact) mass is 465 g/mol. The molecule has 2 heterocycles. The number of benzene rings is 2. The molecule has 0 aliphatic carbocycles. The lowest BCUT2D eigenvalue weighted by Gasteiger charge is -2.32. The highest BCUT2D eigenvalue weighted by atomic mass is 32.2. The van der Waals surface area contributed by atoms with Crippen molar-refractivity contribution in [1.29, 1.82) is 5.26 Å². The van der Waals surface area contributed by atoms with Gasteiger partial charge < -0.3 is 15.1 Å². The minimum absolute atomic E-state index is 0.0214. The Kier molecular flexibility index (Phi) is 6.26. The van der Waals surface area contributed by atoms with E-state index in [0.29, 0.717) is 35.6 Å². The van der Waals surface area contributed by atoms with E-state index in [0.717, 1.165) is 13.1 Å². The minimum Gasteiger partial charge on any atom is -0.344 e. The maximum absolute atomic E-state index is 13.5. The third-order valence-electron chi connectivity index (χ3n) is 5.67. The molecule has 1 amide bonds. The van der Waals surface area contributed by atoms with Crippen molar-refractivity contribution < 1.29 is 18.1 Å². The molecule has 0 radical (unpaired) electrons. The lowest BCUT2D eigenvalue weighted by atomic mass is 10.2. The quantitative estimate of drug-likeness (QED) is 0.576. The van der Waals surface area contributed by atoms with Crippen LogP contribution in [0.2, 0.25) is 0 Å². The summed E-state index contributed by atoms with van der Waals surface area (Å²) in [5, 5.41) is 11.1. The number of piperazine rings is 1. The number of nitrogens with zero attached hydrogens (tertiary/aromatic N) is 4. The van der Waals surface area contributed by atoms with Crippen molar-refractivity contribution in [2.75, 3.05) is 43.4 Å². The summed E-state index contributed by atoms with van der Waals surface area (Å²) in [6.45, 7) is 4.51. The number of amides is 1. The number of para-hydroxylation sites is 2. The van der Waals surface area contributed by atoms with E-state index in [-0.39, 0.29) is 16.5 Å². The topological polar surface area (TPSA) is 120 Å². The lowest BCUT2D eigenvalue weighted by molar-refractivity contribution is -0.880. The molecule has 9 nitrogen and oxygen atoms in total. The van der Waals surface area contributed by atoms with Gasteiger partial charge in [-0.05, 0) is 36.4 Å². The molecule has 33 heavy (non-hydrogen) atoms. The molecule has 170 valence electrons. The van der Waals surface area contributed by atoms with Crippen molar-refractivity contribution in [3.05, 3.63) is 54.2 Å². The fraction of sp³-hybridized carbons (Fsp3) is 0.304. The molecule has 1 aliphatic rings. The molecule has 4 rings (SSSR count). The highest BCUT2D eigenvalue weighted by molar-refractivity contribution is 7.92. The molecular weight excluding hydrogens is 440 g/mol. The van der Waals surface area contributed by atoms with Crippen LogP contribution >= 0.6 is 0 Å². The second kappa shape index (κ2) is 9.13. The molecule has 10 heteroatoms. The maximum atomic E-state index is 13.5. The van der Waals surface area contributed by atoms with Gasteiger partial charge in [-0.1, -0.05) is 12.1 Å². The Morgan fingerprint density at radius 2 is 1.70 bits per heavy atom. The Balaban J connectivity index is 1.80. The van der Waals surface area contributed by atoms with E-state index in [4.69, 9.17) is 4.98 Å². The Bertz CT molecular complexity index is 1330. The zero-order valence-electron chi connectivity index (χ0n) is 18.4. The minimum atomic E-state index is -4.10. The number of fused-ring (bicyclic) bond motifs is 1. The normalized spacial score (nSPS) is 15.7. The Morgan fingerprint density at radius 1 is 1.09 bits per heavy atom. The fourth-order valence-electron chi connectivity index (χ4n) is 3.86. The van der Waals surface area contributed by atoms with E-state index in [2.05, 4.69) is 17.3 Å². The van der Waals surface area contributed by atoms with Gasteiger partial charge >= 0.3 is 0 Å². The van der Waals surface area contributed by atoms with Gasteiger partial charge in [-0.15, -0.1) is 0 Å². The van der Waals surface area contributed by atoms with Crippen LogP contribution in [0.5, 0.6) is 0 Å². The number of hydrogen-bond acceptors (Lipinski definition) is 7. The molecule has 1 aromatic heterocycles. The molecule has 2 aromatic carbocycles. The number of aromatic nitrogens is 2. The zero-order valence-corrected chi connectivity index (χ0v) is 19.3. The number of quaternary nitrogens is 1. The predicted octanol–water partition coefficient (Wildman–Crippen LogP) is 0.961. The van der Waals surface area contributed by atoms with E-state index < -0.39 is 15.1 Å². The van der Waals surface area contributed by atoms with Gasteiger partial charge in [-0.2, -0.15) is 5.26 Å². The fourth-order valence-corrected chi connectivity index (χ4v) is 5.24. The first-order chi connectivity index (χ1) is 15.8. The van der Waals surface area contributed by atoms with Gasteiger partial charge in [0.05, 0.1) is 55.2 Å². The van der Waals surface area contributed by atoms with Crippen LogP contribution in [-0.4, -0.2) is 57.5 Å². The summed E-state index contributed by atoms with van der Waals surface area (Å²) in [5.41, 5.74) is 1.80. The number of carbonyl (C=O) groups excluding carboxylic acids is 1. The molecule has 0 saturated carbocycles. The summed E-state index contributed by atoms with van der Waals surface area (Å²) < 4.78 is 27.0. The molecule has 2 N–H and O–H groups in total. The van der Waals surface area contributed by atoms with Crippen molar-refractivity contribution in [1.82, 2.24) is 9.97 Å². The van der Waals surface area contributed by atoms with Crippen LogP contribution in [0.15, 0.2) is 53.4 Å². The molecular formula is C23H25N6O3S+. The number of carbonyl (C=O) groups is 1. The summed E-state index contributed by atoms with van der Waals surface area (Å²) in [6, 6.07) is 15.0. The predicted molar refractivity (Wildman–Crippen MR) is 125 cm³/mol. The molecule has 1 atom stereocenters. The van der Waals surface area contributed by atoms with Crippen LogP contribution in [0.3, 0.4) is 0 Å². The zero-order chi connectivity index (χ0) is 23.6. The smallest absolute Gasteiger partial charge is 0.221 e. The summed E-state index contributed by atoms with van der Waals surface area (Å²) in [4.78, 5) is 24.0. The Morgan fingerprint density at radius 3 is 2.27 bits per heavy atom. The summed E-state index contributed by atoms with van der Waals surface area (Å²) in [6.07, 6.45) is 0. The van der Waals surface area contributed by atoms with E-state index in [9.17, 15) is 18.5 Å². The number of nitriles is 1. The van der Waals surface area contributed by atoms with Crippen LogP contribution < -0.4 is 15.1 Å². The largest absolute Gasteiger partial charge is 0.344 e. The second-order valence-electron chi connectivity index (χ2n) is 8.13. The number of nitrogens with one attached hydrogen (secondary N) is 2. The number of hydrogen-bond donors (Lipinski definition) is 2. The first-order valence-corrected chi connectivity index (χ1v) is 12.2. The van der Waals surface area contributed by atoms with Crippen molar-refractivity contribution in [3.8, 4) is 6.07 Å². The first-order valence-electron chi connectivity index (χ1n) is 10.6.